The first kappa shape index (κ1) is 20.2. The summed E-state index contributed by atoms with van der Waals surface area (Å²) in [7, 11) is 0. The van der Waals surface area contributed by atoms with Gasteiger partial charge in [0.25, 0.3) is 5.91 Å². The molecule has 2 atom stereocenters. The van der Waals surface area contributed by atoms with Crippen LogP contribution in [-0.2, 0) is 14.3 Å². The second kappa shape index (κ2) is 8.29. The number of ether oxygens (including phenoxy) is 1. The summed E-state index contributed by atoms with van der Waals surface area (Å²) in [5.74, 6) is -1.53. The summed E-state index contributed by atoms with van der Waals surface area (Å²) < 4.78 is 5.14. The van der Waals surface area contributed by atoms with Crippen LogP contribution < -0.4 is 10.6 Å². The molecule has 7 nitrogen and oxygen atoms in total. The van der Waals surface area contributed by atoms with Gasteiger partial charge in [-0.3, -0.25) is 9.59 Å². The summed E-state index contributed by atoms with van der Waals surface area (Å²) >= 11 is 0. The van der Waals surface area contributed by atoms with Crippen molar-refractivity contribution in [2.75, 3.05) is 5.32 Å². The van der Waals surface area contributed by atoms with E-state index < -0.39 is 23.5 Å². The molecular weight excluding hydrogens is 322 g/mol. The molecule has 2 N–H and O–H groups in total. The Morgan fingerprint density at radius 2 is 1.72 bits per heavy atom. The van der Waals surface area contributed by atoms with Gasteiger partial charge in [-0.15, -0.1) is 0 Å². The second-order valence-electron chi connectivity index (χ2n) is 6.26. The molecule has 0 aliphatic rings. The molecule has 134 valence electrons. The van der Waals surface area contributed by atoms with Crippen molar-refractivity contribution >= 4 is 23.5 Å². The van der Waals surface area contributed by atoms with Crippen LogP contribution in [0.2, 0.25) is 0 Å². The van der Waals surface area contributed by atoms with Crippen LogP contribution in [-0.4, -0.2) is 29.4 Å². The van der Waals surface area contributed by atoms with E-state index in [2.05, 4.69) is 16.7 Å². The largest absolute Gasteiger partial charge is 0.449 e. The predicted octanol–water partition coefficient (Wildman–Crippen LogP) is 2.24. The molecule has 0 saturated carbocycles. The number of hydrogen-bond donors (Lipinski definition) is 2. The summed E-state index contributed by atoms with van der Waals surface area (Å²) in [4.78, 5) is 35.3. The van der Waals surface area contributed by atoms with E-state index in [1.54, 1.807) is 19.1 Å². The maximum absolute atomic E-state index is 12.2. The minimum Gasteiger partial charge on any atom is -0.449 e. The zero-order valence-electron chi connectivity index (χ0n) is 15.0. The van der Waals surface area contributed by atoms with E-state index in [9.17, 15) is 19.6 Å². The Kier molecular flexibility index (Phi) is 6.68. The van der Waals surface area contributed by atoms with Crippen LogP contribution in [0.25, 0.3) is 0 Å². The molecule has 1 aromatic rings. The Labute approximate surface area is 147 Å². The number of esters is 1. The Morgan fingerprint density at radius 3 is 2.16 bits per heavy atom. The normalized spacial score (nSPS) is 14.0. The number of carbonyl (C=O) groups excluding carboxylic acids is 3. The van der Waals surface area contributed by atoms with Gasteiger partial charge < -0.3 is 15.4 Å². The van der Waals surface area contributed by atoms with Crippen LogP contribution >= 0.6 is 0 Å². The van der Waals surface area contributed by atoms with Crippen LogP contribution in [0.4, 0.5) is 5.69 Å². The fourth-order valence-electron chi connectivity index (χ4n) is 1.83. The van der Waals surface area contributed by atoms with Gasteiger partial charge in [0, 0.05) is 12.6 Å². The average Bonchev–Trinajstić information content (AvgIpc) is 2.54. The van der Waals surface area contributed by atoms with Gasteiger partial charge in [-0.25, -0.2) is 4.79 Å². The number of rotatable bonds is 6. The van der Waals surface area contributed by atoms with E-state index in [-0.39, 0.29) is 17.4 Å². The highest BCUT2D eigenvalue weighted by molar-refractivity contribution is 5.94. The minimum absolute atomic E-state index is 0.106. The Morgan fingerprint density at radius 1 is 1.16 bits per heavy atom. The number of amides is 2. The van der Waals surface area contributed by atoms with E-state index >= 15 is 0 Å². The Hall–Kier alpha value is -2.88. The van der Waals surface area contributed by atoms with Crippen molar-refractivity contribution in [1.82, 2.24) is 5.32 Å². The van der Waals surface area contributed by atoms with E-state index in [1.165, 1.54) is 26.0 Å². The van der Waals surface area contributed by atoms with Crippen molar-refractivity contribution in [3.8, 4) is 6.07 Å². The van der Waals surface area contributed by atoms with Crippen LogP contribution in [0.15, 0.2) is 24.3 Å². The van der Waals surface area contributed by atoms with Crippen molar-refractivity contribution in [3.05, 3.63) is 29.8 Å². The maximum Gasteiger partial charge on any atom is 0.338 e. The van der Waals surface area contributed by atoms with Crippen molar-refractivity contribution in [3.63, 3.8) is 0 Å². The molecule has 0 aliphatic carbocycles. The third-order valence-corrected chi connectivity index (χ3v) is 3.86. The molecule has 0 fully saturated rings. The highest BCUT2D eigenvalue weighted by atomic mass is 16.5. The quantitative estimate of drug-likeness (QED) is 0.769. The topological polar surface area (TPSA) is 108 Å². The summed E-state index contributed by atoms with van der Waals surface area (Å²) in [5.41, 5.74) is -0.241. The van der Waals surface area contributed by atoms with Gasteiger partial charge >= 0.3 is 5.97 Å². The monoisotopic (exact) mass is 345 g/mol. The number of hydrogen-bond acceptors (Lipinski definition) is 5. The van der Waals surface area contributed by atoms with Gasteiger partial charge in [-0.05, 0) is 44.0 Å². The Balaban J connectivity index is 2.71. The van der Waals surface area contributed by atoms with E-state index in [0.717, 1.165) is 0 Å². The summed E-state index contributed by atoms with van der Waals surface area (Å²) in [6.45, 7) is 8.07. The lowest BCUT2D eigenvalue weighted by atomic mass is 9.90. The number of carbonyl (C=O) groups is 3. The van der Waals surface area contributed by atoms with Crippen molar-refractivity contribution < 1.29 is 19.1 Å². The van der Waals surface area contributed by atoms with Crippen LogP contribution in [0, 0.1) is 17.2 Å². The summed E-state index contributed by atoms with van der Waals surface area (Å²) in [5, 5.41) is 14.4. The smallest absolute Gasteiger partial charge is 0.338 e. The molecule has 25 heavy (non-hydrogen) atoms. The molecule has 0 heterocycles. The van der Waals surface area contributed by atoms with Crippen LogP contribution in [0.5, 0.6) is 0 Å². The number of benzene rings is 1. The lowest BCUT2D eigenvalue weighted by molar-refractivity contribution is -0.130. The number of nitriles is 1. The molecule has 1 rings (SSSR count). The molecular formula is C18H23N3O4. The van der Waals surface area contributed by atoms with Crippen molar-refractivity contribution in [2.45, 2.75) is 46.3 Å². The van der Waals surface area contributed by atoms with E-state index in [4.69, 9.17) is 4.74 Å². The molecule has 1 aromatic carbocycles. The first-order chi connectivity index (χ1) is 11.6. The first-order valence-corrected chi connectivity index (χ1v) is 7.91. The molecule has 0 radical (unpaired) electrons. The van der Waals surface area contributed by atoms with Gasteiger partial charge in [-0.1, -0.05) is 13.8 Å². The molecule has 0 bridgehead atoms. The average molecular weight is 345 g/mol. The molecule has 2 amide bonds. The third-order valence-electron chi connectivity index (χ3n) is 3.86. The van der Waals surface area contributed by atoms with Crippen LogP contribution in [0.3, 0.4) is 0 Å². The molecule has 0 spiro atoms. The van der Waals surface area contributed by atoms with Gasteiger partial charge in [0.05, 0.1) is 11.6 Å². The maximum atomic E-state index is 12.2. The molecule has 0 aliphatic heterocycles. The summed E-state index contributed by atoms with van der Waals surface area (Å²) in [6.07, 6.45) is -1.05. The van der Waals surface area contributed by atoms with Crippen molar-refractivity contribution in [2.24, 2.45) is 5.92 Å². The molecule has 0 unspecified atom stereocenters. The number of nitrogens with one attached hydrogen (secondary N) is 2. The molecule has 0 saturated heterocycles. The highest BCUT2D eigenvalue weighted by Gasteiger charge is 2.32. The zero-order chi connectivity index (χ0) is 19.2. The molecule has 0 aromatic heterocycles. The van der Waals surface area contributed by atoms with E-state index in [1.807, 2.05) is 13.8 Å². The van der Waals surface area contributed by atoms with Gasteiger partial charge in [0.2, 0.25) is 5.91 Å². The highest BCUT2D eigenvalue weighted by Crippen LogP contribution is 2.16. The van der Waals surface area contributed by atoms with Crippen LogP contribution in [0.1, 0.15) is 45.0 Å². The standard InChI is InChI=1S/C18H23N3O4/c1-11(2)18(5,10-19)21-16(23)12(3)25-17(24)14-6-8-15(9-7-14)20-13(4)22/h6-9,11-12H,1-5H3,(H,20,22)(H,21,23)/t12-,18+/m1/s1. The third kappa shape index (κ3) is 5.60. The predicted molar refractivity (Wildman–Crippen MR) is 92.6 cm³/mol. The van der Waals surface area contributed by atoms with Gasteiger partial charge in [-0.2, -0.15) is 5.26 Å². The Bertz CT molecular complexity index is 691. The van der Waals surface area contributed by atoms with Gasteiger partial charge in [0.1, 0.15) is 5.54 Å². The second-order valence-corrected chi connectivity index (χ2v) is 6.26. The lowest BCUT2D eigenvalue weighted by Crippen LogP contribution is -2.52. The zero-order valence-corrected chi connectivity index (χ0v) is 15.0. The fraction of sp³-hybridized carbons (Fsp3) is 0.444. The number of nitrogens with zero attached hydrogens (tertiary/aromatic N) is 1. The fourth-order valence-corrected chi connectivity index (χ4v) is 1.83. The lowest BCUT2D eigenvalue weighted by Gasteiger charge is -2.28. The SMILES string of the molecule is CC(=O)Nc1ccc(C(=O)O[C@H](C)C(=O)N[C@@](C)(C#N)C(C)C)cc1. The first-order valence-electron chi connectivity index (χ1n) is 7.91. The number of anilines is 1. The summed E-state index contributed by atoms with van der Waals surface area (Å²) in [6, 6.07) is 8.17. The van der Waals surface area contributed by atoms with Gasteiger partial charge in [0.15, 0.2) is 6.10 Å². The van der Waals surface area contributed by atoms with Crippen molar-refractivity contribution in [1.29, 1.82) is 5.26 Å². The van der Waals surface area contributed by atoms with E-state index in [0.29, 0.717) is 5.69 Å². The minimum atomic E-state index is -1.05. The molecule has 7 heteroatoms.